The van der Waals surface area contributed by atoms with E-state index in [1.165, 1.54) is 18.2 Å². The van der Waals surface area contributed by atoms with Gasteiger partial charge in [-0.1, -0.05) is 35.3 Å². The molecule has 32 heavy (non-hydrogen) atoms. The highest BCUT2D eigenvalue weighted by Crippen LogP contribution is 2.22. The Morgan fingerprint density at radius 2 is 1.66 bits per heavy atom. The van der Waals surface area contributed by atoms with Gasteiger partial charge in [-0.3, -0.25) is 19.4 Å². The van der Waals surface area contributed by atoms with Crippen molar-refractivity contribution in [3.05, 3.63) is 63.9 Å². The quantitative estimate of drug-likeness (QED) is 0.538. The maximum atomic E-state index is 13.6. The number of amides is 2. The second-order valence-electron chi connectivity index (χ2n) is 7.63. The van der Waals surface area contributed by atoms with E-state index >= 15 is 0 Å². The minimum Gasteiger partial charge on any atom is -0.390 e. The summed E-state index contributed by atoms with van der Waals surface area (Å²) in [5.74, 6) is -1.32. The number of carbonyl (C=O) groups excluding carboxylic acids is 2. The molecule has 1 aliphatic rings. The van der Waals surface area contributed by atoms with Gasteiger partial charge in [0.25, 0.3) is 5.91 Å². The maximum Gasteiger partial charge on any atom is 0.254 e. The van der Waals surface area contributed by atoms with Gasteiger partial charge in [-0.15, -0.1) is 0 Å². The number of nitrogens with one attached hydrogen (secondary N) is 2. The van der Waals surface area contributed by atoms with Gasteiger partial charge in [-0.25, -0.2) is 4.39 Å². The Bertz CT molecular complexity index is 934. The Morgan fingerprint density at radius 3 is 2.31 bits per heavy atom. The fourth-order valence-electron chi connectivity index (χ4n) is 3.47. The molecule has 3 N–H and O–H groups in total. The van der Waals surface area contributed by atoms with E-state index in [0.29, 0.717) is 48.5 Å². The molecule has 1 atom stereocenters. The van der Waals surface area contributed by atoms with Crippen LogP contribution in [0.1, 0.15) is 10.4 Å². The van der Waals surface area contributed by atoms with E-state index in [0.717, 1.165) is 0 Å². The molecule has 0 radical (unpaired) electrons. The first-order valence-electron chi connectivity index (χ1n) is 10.2. The van der Waals surface area contributed by atoms with Gasteiger partial charge in [-0.2, -0.15) is 0 Å². The zero-order chi connectivity index (χ0) is 23.1. The molecular weight excluding hydrogens is 458 g/mol. The molecular formula is C22H25Cl2FN4O3. The molecule has 2 aromatic carbocycles. The van der Waals surface area contributed by atoms with Gasteiger partial charge in [0.05, 0.1) is 18.2 Å². The monoisotopic (exact) mass is 482 g/mol. The maximum absolute atomic E-state index is 13.6. The van der Waals surface area contributed by atoms with Crippen molar-refractivity contribution < 1.29 is 19.1 Å². The molecule has 0 aromatic heterocycles. The van der Waals surface area contributed by atoms with Crippen molar-refractivity contribution in [2.75, 3.05) is 51.1 Å². The molecule has 0 aliphatic carbocycles. The van der Waals surface area contributed by atoms with Gasteiger partial charge in [-0.05, 0) is 30.3 Å². The lowest BCUT2D eigenvalue weighted by Gasteiger charge is -2.35. The number of nitrogens with zero attached hydrogens (tertiary/aromatic N) is 2. The first-order valence-corrected chi connectivity index (χ1v) is 11.0. The molecule has 3 rings (SSSR count). The smallest absolute Gasteiger partial charge is 0.254 e. The number of rotatable bonds is 8. The third-order valence-corrected chi connectivity index (χ3v) is 5.50. The third kappa shape index (κ3) is 7.43. The predicted molar refractivity (Wildman–Crippen MR) is 123 cm³/mol. The summed E-state index contributed by atoms with van der Waals surface area (Å²) >= 11 is 11.9. The van der Waals surface area contributed by atoms with Crippen LogP contribution in [0.3, 0.4) is 0 Å². The molecule has 0 saturated carbocycles. The largest absolute Gasteiger partial charge is 0.390 e. The summed E-state index contributed by atoms with van der Waals surface area (Å²) in [6, 6.07) is 10.6. The second-order valence-corrected chi connectivity index (χ2v) is 8.50. The molecule has 0 spiro atoms. The summed E-state index contributed by atoms with van der Waals surface area (Å²) in [5.41, 5.74) is 0.498. The fourth-order valence-corrected chi connectivity index (χ4v) is 4.00. The molecule has 1 saturated heterocycles. The summed E-state index contributed by atoms with van der Waals surface area (Å²) in [7, 11) is 0. The van der Waals surface area contributed by atoms with E-state index in [4.69, 9.17) is 23.2 Å². The number of anilines is 1. The van der Waals surface area contributed by atoms with Crippen LogP contribution in [0.25, 0.3) is 0 Å². The number of piperazine rings is 1. The molecule has 1 aliphatic heterocycles. The van der Waals surface area contributed by atoms with Crippen LogP contribution in [-0.2, 0) is 4.79 Å². The Balaban J connectivity index is 1.36. The van der Waals surface area contributed by atoms with E-state index < -0.39 is 17.8 Å². The summed E-state index contributed by atoms with van der Waals surface area (Å²) in [5, 5.41) is 16.5. The molecule has 1 unspecified atom stereocenters. The van der Waals surface area contributed by atoms with Crippen LogP contribution in [0.2, 0.25) is 10.0 Å². The van der Waals surface area contributed by atoms with E-state index in [-0.39, 0.29) is 24.6 Å². The van der Waals surface area contributed by atoms with Crippen LogP contribution in [-0.4, -0.2) is 78.6 Å². The zero-order valence-corrected chi connectivity index (χ0v) is 18.9. The molecule has 7 nitrogen and oxygen atoms in total. The van der Waals surface area contributed by atoms with Crippen LogP contribution >= 0.6 is 23.2 Å². The molecule has 0 bridgehead atoms. The lowest BCUT2D eigenvalue weighted by Crippen LogP contribution is -2.51. The highest BCUT2D eigenvalue weighted by Gasteiger charge is 2.21. The van der Waals surface area contributed by atoms with Crippen molar-refractivity contribution in [1.29, 1.82) is 0 Å². The molecule has 1 heterocycles. The predicted octanol–water partition coefficient (Wildman–Crippen LogP) is 2.48. The van der Waals surface area contributed by atoms with Crippen molar-refractivity contribution in [3.63, 3.8) is 0 Å². The summed E-state index contributed by atoms with van der Waals surface area (Å²) in [6.45, 7) is 3.31. The zero-order valence-electron chi connectivity index (χ0n) is 17.4. The van der Waals surface area contributed by atoms with E-state index in [1.807, 2.05) is 4.90 Å². The van der Waals surface area contributed by atoms with Gasteiger partial charge in [0.2, 0.25) is 5.91 Å². The Labute approximate surface area is 196 Å². The van der Waals surface area contributed by atoms with Crippen LogP contribution in [0, 0.1) is 5.82 Å². The average Bonchev–Trinajstić information content (AvgIpc) is 2.73. The summed E-state index contributed by atoms with van der Waals surface area (Å²) < 4.78 is 13.6. The minimum absolute atomic E-state index is 0.0258. The van der Waals surface area contributed by atoms with Gasteiger partial charge in [0.15, 0.2) is 0 Å². The topological polar surface area (TPSA) is 84.9 Å². The highest BCUT2D eigenvalue weighted by molar-refractivity contribution is 6.35. The van der Waals surface area contributed by atoms with Gasteiger partial charge in [0, 0.05) is 55.0 Å². The van der Waals surface area contributed by atoms with Gasteiger partial charge < -0.3 is 15.7 Å². The molecule has 172 valence electrons. The standard InChI is InChI=1S/C22H25Cl2FN4O3/c23-15-9-16(24)11-17(10-15)27-21(31)14-29-7-5-28(6-8-29)13-18(30)12-26-22(32)19-3-1-2-4-20(19)25/h1-4,9-11,18,30H,5-8,12-14H2,(H,26,32)(H,27,31). The third-order valence-electron chi connectivity index (χ3n) is 5.06. The van der Waals surface area contributed by atoms with Crippen molar-refractivity contribution in [2.24, 2.45) is 0 Å². The van der Waals surface area contributed by atoms with Crippen molar-refractivity contribution >= 4 is 40.7 Å². The molecule has 10 heteroatoms. The first-order chi connectivity index (χ1) is 15.3. The molecule has 2 amide bonds. The number of halogens is 3. The number of benzene rings is 2. The Hall–Kier alpha value is -2.23. The van der Waals surface area contributed by atoms with Gasteiger partial charge in [0.1, 0.15) is 5.82 Å². The first kappa shape index (κ1) is 24.4. The van der Waals surface area contributed by atoms with Crippen LogP contribution in [0.4, 0.5) is 10.1 Å². The lowest BCUT2D eigenvalue weighted by molar-refractivity contribution is -0.117. The Morgan fingerprint density at radius 1 is 1.03 bits per heavy atom. The normalized spacial score (nSPS) is 15.9. The molecule has 2 aromatic rings. The van der Waals surface area contributed by atoms with Crippen LogP contribution < -0.4 is 10.6 Å². The highest BCUT2D eigenvalue weighted by atomic mass is 35.5. The van der Waals surface area contributed by atoms with E-state index in [9.17, 15) is 19.1 Å². The lowest BCUT2D eigenvalue weighted by atomic mass is 10.2. The SMILES string of the molecule is O=C(CN1CCN(CC(O)CNC(=O)c2ccccc2F)CC1)Nc1cc(Cl)cc(Cl)c1. The van der Waals surface area contributed by atoms with Crippen LogP contribution in [0.15, 0.2) is 42.5 Å². The number of hydrogen-bond donors (Lipinski definition) is 3. The fraction of sp³-hybridized carbons (Fsp3) is 0.364. The number of β-amino-alcohol motifs (C(OH)–C–C–N with tert-alkyl or cyclic N) is 1. The van der Waals surface area contributed by atoms with Crippen molar-refractivity contribution in [1.82, 2.24) is 15.1 Å². The number of aliphatic hydroxyl groups is 1. The average molecular weight is 483 g/mol. The number of hydrogen-bond acceptors (Lipinski definition) is 5. The number of carbonyl (C=O) groups is 2. The summed E-state index contributed by atoms with van der Waals surface area (Å²) in [4.78, 5) is 28.4. The Kier molecular flexibility index (Phi) is 8.84. The van der Waals surface area contributed by atoms with Crippen LogP contribution in [0.5, 0.6) is 0 Å². The van der Waals surface area contributed by atoms with Crippen molar-refractivity contribution in [3.8, 4) is 0 Å². The molecule has 1 fully saturated rings. The van der Waals surface area contributed by atoms with Crippen molar-refractivity contribution in [2.45, 2.75) is 6.10 Å². The van der Waals surface area contributed by atoms with Gasteiger partial charge >= 0.3 is 0 Å². The number of aliphatic hydroxyl groups excluding tert-OH is 1. The second kappa shape index (κ2) is 11.6. The van der Waals surface area contributed by atoms with E-state index in [1.54, 1.807) is 24.3 Å². The van der Waals surface area contributed by atoms with E-state index in [2.05, 4.69) is 15.5 Å². The summed E-state index contributed by atoms with van der Waals surface area (Å²) in [6.07, 6.45) is -0.784. The minimum atomic E-state index is -0.784.